The highest BCUT2D eigenvalue weighted by atomic mass is 32.2. The van der Waals surface area contributed by atoms with Gasteiger partial charge >= 0.3 is 0 Å². The molecule has 3 N–H and O–H groups in total. The molecule has 3 aromatic heterocycles. The number of nitriles is 1. The lowest BCUT2D eigenvalue weighted by Crippen LogP contribution is -2.31. The molecular weight excluding hydrogens is 1070 g/mol. The first kappa shape index (κ1) is 53.4. The molecule has 2 amide bonds. The van der Waals surface area contributed by atoms with Crippen molar-refractivity contribution < 1.29 is 54.8 Å². The molecule has 0 bridgehead atoms. The van der Waals surface area contributed by atoms with E-state index >= 15 is 0 Å². The van der Waals surface area contributed by atoms with Crippen molar-refractivity contribution in [3.63, 3.8) is 0 Å². The Hall–Kier alpha value is -7.02. The molecule has 4 aromatic carbocycles. The van der Waals surface area contributed by atoms with E-state index in [1.165, 1.54) is 23.7 Å². The number of ether oxygens (including phenoxy) is 6. The van der Waals surface area contributed by atoms with Crippen molar-refractivity contribution in [2.45, 2.75) is 96.1 Å². The number of anilines is 2. The zero-order valence-electron chi connectivity index (χ0n) is 41.1. The second-order valence-electron chi connectivity index (χ2n) is 18.3. The van der Waals surface area contributed by atoms with Crippen molar-refractivity contribution in [3.05, 3.63) is 126 Å². The van der Waals surface area contributed by atoms with Crippen molar-refractivity contribution >= 4 is 64.4 Å². The van der Waals surface area contributed by atoms with Crippen molar-refractivity contribution in [3.8, 4) is 39.1 Å². The summed E-state index contributed by atoms with van der Waals surface area (Å²) in [4.78, 5) is 35.8. The smallest absolute Gasteiger partial charge is 0.259 e. The lowest BCUT2D eigenvalue weighted by atomic mass is 10.1. The maximum Gasteiger partial charge on any atom is 0.259 e. The number of thiazole rings is 2. The number of benzene rings is 4. The summed E-state index contributed by atoms with van der Waals surface area (Å²) >= 11 is 2.33. The Kier molecular flexibility index (Phi) is 16.7. The van der Waals surface area contributed by atoms with Crippen LogP contribution in [0.2, 0.25) is 0 Å². The lowest BCUT2D eigenvalue weighted by molar-refractivity contribution is -0.136. The number of hydrogen-bond donors (Lipinski definition) is 3. The molecule has 4 fully saturated rings. The van der Waals surface area contributed by atoms with Gasteiger partial charge < -0.3 is 28.4 Å². The molecule has 21 nitrogen and oxygen atoms in total. The monoisotopic (exact) mass is 1120 g/mol. The predicted molar refractivity (Wildman–Crippen MR) is 281 cm³/mol. The number of tetrazole rings is 1. The van der Waals surface area contributed by atoms with Crippen LogP contribution in [0.1, 0.15) is 80.3 Å². The van der Waals surface area contributed by atoms with Gasteiger partial charge in [0.15, 0.2) is 42.1 Å². The third-order valence-corrected chi connectivity index (χ3v) is 18.9. The average molecular weight is 1120 g/mol. The largest absolute Gasteiger partial charge is 0.445 e. The highest BCUT2D eigenvalue weighted by Gasteiger charge is 2.38. The van der Waals surface area contributed by atoms with E-state index in [-0.39, 0.29) is 32.5 Å². The molecule has 5 heterocycles. The molecule has 11 rings (SSSR count). The first-order valence-electron chi connectivity index (χ1n) is 24.8. The molecule has 4 aliphatic rings. The number of aromatic amines is 1. The lowest BCUT2D eigenvalue weighted by Gasteiger charge is -2.27. The summed E-state index contributed by atoms with van der Waals surface area (Å²) in [7, 11) is -6.66. The van der Waals surface area contributed by atoms with Gasteiger partial charge in [0.1, 0.15) is 11.5 Å². The molecule has 77 heavy (non-hydrogen) atoms. The summed E-state index contributed by atoms with van der Waals surface area (Å²) in [6.07, 6.45) is 6.21. The zero-order chi connectivity index (χ0) is 53.4. The number of hydrogen-bond acceptors (Lipinski definition) is 20. The molecule has 2 aliphatic heterocycles. The van der Waals surface area contributed by atoms with Gasteiger partial charge in [-0.05, 0) is 141 Å². The van der Waals surface area contributed by atoms with Crippen molar-refractivity contribution in [2.24, 2.45) is 0 Å². The molecule has 2 saturated heterocycles. The Morgan fingerprint density at radius 1 is 0.610 bits per heavy atom. The summed E-state index contributed by atoms with van der Waals surface area (Å²) in [5, 5.41) is 29.4. The first-order chi connectivity index (χ1) is 37.4. The van der Waals surface area contributed by atoms with Crippen LogP contribution in [-0.4, -0.2) is 108 Å². The minimum atomic E-state index is -3.33. The highest BCUT2D eigenvalue weighted by Crippen LogP contribution is 2.38. The van der Waals surface area contributed by atoms with E-state index in [2.05, 4.69) is 47.3 Å². The van der Waals surface area contributed by atoms with E-state index in [0.717, 1.165) is 16.9 Å². The summed E-state index contributed by atoms with van der Waals surface area (Å²) in [6, 6.07) is 28.6. The second-order valence-corrected chi connectivity index (χ2v) is 24.8. The van der Waals surface area contributed by atoms with Gasteiger partial charge in [-0.1, -0.05) is 46.9 Å². The normalized spacial score (nSPS) is 17.0. The van der Waals surface area contributed by atoms with Crippen LogP contribution >= 0.6 is 22.7 Å². The molecule has 400 valence electrons. The standard InChI is InChI=1S/C26H26N6O6S2.C26H25N3O6S2/c33-25(28-26-27-15-22(39-26)37-18-5-1-17(2-6-18)24-29-31-32-30-24)23(38-19-11-13-36-14-12-19)16-3-7-20(8-4-16)40(34,35)21-9-10-21;27-15-17-1-5-19(6-2-17)34-23-16-28-26(36-23)29-25(30)24(35-20-11-13-33-14-12-20)18-3-7-21(8-4-18)37(31,32)22-9-10-22/h1-8,15,19,21,23H,9-14H2,(H,27,28,33)(H,29,30,31,32);1-8,16,20,22,24H,9-14H2,(H,28,29,30). The minimum Gasteiger partial charge on any atom is -0.445 e. The average Bonchev–Trinajstić information content (AvgIpc) is 4.36. The fraction of sp³-hybridized carbons (Fsp3) is 0.346. The van der Waals surface area contributed by atoms with Gasteiger partial charge in [-0.3, -0.25) is 20.2 Å². The van der Waals surface area contributed by atoms with E-state index in [1.807, 2.05) is 12.1 Å². The topological polar surface area (TPSA) is 286 Å². The van der Waals surface area contributed by atoms with Crippen molar-refractivity contribution in [1.82, 2.24) is 30.6 Å². The number of carbonyl (C=O) groups excluding carboxylic acids is 2. The Morgan fingerprint density at radius 2 is 1.04 bits per heavy atom. The van der Waals surface area contributed by atoms with Gasteiger partial charge in [0.05, 0.1) is 56.5 Å². The fourth-order valence-electron chi connectivity index (χ4n) is 8.26. The maximum atomic E-state index is 13.4. The summed E-state index contributed by atoms with van der Waals surface area (Å²) in [5.74, 6) is 0.780. The van der Waals surface area contributed by atoms with Crippen LogP contribution in [-0.2, 0) is 48.2 Å². The third-order valence-electron chi connectivity index (χ3n) is 12.7. The second kappa shape index (κ2) is 24.1. The Balaban J connectivity index is 0.000000175. The molecule has 25 heteroatoms. The number of aromatic nitrogens is 6. The van der Waals surface area contributed by atoms with Crippen LogP contribution in [0.4, 0.5) is 10.3 Å². The third kappa shape index (κ3) is 13.8. The van der Waals surface area contributed by atoms with Crippen molar-refractivity contribution in [1.29, 1.82) is 5.26 Å². The summed E-state index contributed by atoms with van der Waals surface area (Å²) < 4.78 is 85.3. The van der Waals surface area contributed by atoms with E-state index in [0.29, 0.717) is 132 Å². The Morgan fingerprint density at radius 3 is 1.43 bits per heavy atom. The van der Waals surface area contributed by atoms with Crippen LogP contribution in [0.25, 0.3) is 11.4 Å². The number of sulfone groups is 2. The van der Waals surface area contributed by atoms with Gasteiger partial charge in [-0.25, -0.2) is 26.8 Å². The molecule has 2 saturated carbocycles. The number of nitrogens with one attached hydrogen (secondary N) is 3. The van der Waals surface area contributed by atoms with Crippen LogP contribution < -0.4 is 20.1 Å². The minimum absolute atomic E-state index is 0.161. The maximum absolute atomic E-state index is 13.4. The molecule has 7 aromatic rings. The van der Waals surface area contributed by atoms with E-state index in [1.54, 1.807) is 84.9 Å². The molecular formula is C52H51N9O12S4. The fourth-order valence-corrected chi connectivity index (χ4v) is 13.0. The van der Waals surface area contributed by atoms with Gasteiger partial charge in [0.25, 0.3) is 11.8 Å². The SMILES string of the molecule is N#Cc1ccc(Oc2cnc(NC(=O)C(OC3CCOCC3)c3ccc(S(=O)(=O)C4CC4)cc3)s2)cc1.O=C(Nc1ncc(Oc2ccc(-c3nn[nH]n3)cc2)s1)C(OC1CCOCC1)c1ccc(S(=O)(=O)C2CC2)cc1. The number of amides is 2. The predicted octanol–water partition coefficient (Wildman–Crippen LogP) is 8.55. The number of nitrogens with zero attached hydrogens (tertiary/aromatic N) is 6. The van der Waals surface area contributed by atoms with Crippen LogP contribution in [0.15, 0.2) is 119 Å². The van der Waals surface area contributed by atoms with E-state index < -0.39 is 43.7 Å². The zero-order valence-corrected chi connectivity index (χ0v) is 44.3. The molecule has 2 unspecified atom stereocenters. The molecule has 0 spiro atoms. The summed E-state index contributed by atoms with van der Waals surface area (Å²) in [6.45, 7) is 2.22. The van der Waals surface area contributed by atoms with Crippen LogP contribution in [0.3, 0.4) is 0 Å². The Bertz CT molecular complexity index is 3390. The first-order valence-corrected chi connectivity index (χ1v) is 29.5. The Labute approximate surface area is 451 Å². The number of H-pyrrole nitrogens is 1. The van der Waals surface area contributed by atoms with Crippen LogP contribution in [0.5, 0.6) is 21.6 Å². The van der Waals surface area contributed by atoms with Gasteiger partial charge in [0, 0.05) is 32.0 Å². The molecule has 2 atom stereocenters. The quantitative estimate of drug-likeness (QED) is 0.0683. The number of carbonyl (C=O) groups is 2. The van der Waals surface area contributed by atoms with Gasteiger partial charge in [-0.2, -0.15) is 10.5 Å². The molecule has 0 radical (unpaired) electrons. The van der Waals surface area contributed by atoms with Gasteiger partial charge in [0.2, 0.25) is 16.0 Å². The van der Waals surface area contributed by atoms with Crippen molar-refractivity contribution in [2.75, 3.05) is 37.1 Å². The molecule has 2 aliphatic carbocycles. The summed E-state index contributed by atoms with van der Waals surface area (Å²) in [5.41, 5.74) is 2.43. The van der Waals surface area contributed by atoms with Gasteiger partial charge in [-0.15, -0.1) is 10.2 Å². The number of rotatable bonds is 19. The van der Waals surface area contributed by atoms with E-state index in [9.17, 15) is 26.4 Å². The highest BCUT2D eigenvalue weighted by molar-refractivity contribution is 7.92. The van der Waals surface area contributed by atoms with E-state index in [4.69, 9.17) is 33.7 Å². The van der Waals surface area contributed by atoms with Crippen LogP contribution in [0, 0.1) is 11.3 Å².